The zero-order valence-electron chi connectivity index (χ0n) is 11.0. The monoisotopic (exact) mass is 244 g/mol. The van der Waals surface area contributed by atoms with Gasteiger partial charge in [-0.15, -0.1) is 0 Å². The predicted octanol–water partition coefficient (Wildman–Crippen LogP) is -0.0157. The van der Waals surface area contributed by atoms with E-state index in [9.17, 15) is 4.79 Å². The third-order valence-electron chi connectivity index (χ3n) is 2.69. The maximum atomic E-state index is 11.6. The normalized spacial score (nSPS) is 24.6. The highest BCUT2D eigenvalue weighted by Gasteiger charge is 2.33. The standard InChI is InChI=1S/C12H24N2O3/c1-4-5-13-11(16)7-14-6-10(8-15)17-12(2,3)9-14/h10,15H,4-9H2,1-3H3,(H,13,16). The molecule has 1 unspecified atom stereocenters. The summed E-state index contributed by atoms with van der Waals surface area (Å²) in [6.07, 6.45) is 0.748. The molecular formula is C12H24N2O3. The van der Waals surface area contributed by atoms with Gasteiger partial charge < -0.3 is 15.2 Å². The second-order valence-corrected chi connectivity index (χ2v) is 5.20. The zero-order valence-corrected chi connectivity index (χ0v) is 11.0. The van der Waals surface area contributed by atoms with E-state index in [4.69, 9.17) is 9.84 Å². The molecule has 1 saturated heterocycles. The first kappa shape index (κ1) is 14.4. The van der Waals surface area contributed by atoms with Gasteiger partial charge in [-0.05, 0) is 20.3 Å². The number of carbonyl (C=O) groups excluding carboxylic acids is 1. The quantitative estimate of drug-likeness (QED) is 0.714. The third kappa shape index (κ3) is 5.02. The van der Waals surface area contributed by atoms with Crippen LogP contribution in [0.4, 0.5) is 0 Å². The summed E-state index contributed by atoms with van der Waals surface area (Å²) >= 11 is 0. The molecule has 17 heavy (non-hydrogen) atoms. The van der Waals surface area contributed by atoms with E-state index in [1.165, 1.54) is 0 Å². The van der Waals surface area contributed by atoms with Gasteiger partial charge in [0.1, 0.15) is 0 Å². The molecule has 2 N–H and O–H groups in total. The Hall–Kier alpha value is -0.650. The average molecular weight is 244 g/mol. The number of morpholine rings is 1. The molecule has 100 valence electrons. The molecule has 0 bridgehead atoms. The van der Waals surface area contributed by atoms with Crippen LogP contribution < -0.4 is 5.32 Å². The van der Waals surface area contributed by atoms with E-state index >= 15 is 0 Å². The van der Waals surface area contributed by atoms with Crippen molar-refractivity contribution in [3.63, 3.8) is 0 Å². The number of carbonyl (C=O) groups is 1. The first-order valence-corrected chi connectivity index (χ1v) is 6.24. The minimum Gasteiger partial charge on any atom is -0.394 e. The van der Waals surface area contributed by atoms with Gasteiger partial charge in [-0.2, -0.15) is 0 Å². The van der Waals surface area contributed by atoms with Crippen molar-refractivity contribution in [3.05, 3.63) is 0 Å². The minimum absolute atomic E-state index is 0.00346. The Kier molecular flexibility index (Phi) is 5.36. The fourth-order valence-corrected chi connectivity index (χ4v) is 2.16. The van der Waals surface area contributed by atoms with Crippen LogP contribution in [0.25, 0.3) is 0 Å². The van der Waals surface area contributed by atoms with Crippen molar-refractivity contribution < 1.29 is 14.6 Å². The highest BCUT2D eigenvalue weighted by molar-refractivity contribution is 5.77. The lowest BCUT2D eigenvalue weighted by Gasteiger charge is -2.41. The van der Waals surface area contributed by atoms with E-state index < -0.39 is 0 Å². The Morgan fingerprint density at radius 1 is 1.59 bits per heavy atom. The molecule has 0 aromatic rings. The summed E-state index contributed by atoms with van der Waals surface area (Å²) in [5, 5.41) is 12.0. The van der Waals surface area contributed by atoms with E-state index in [-0.39, 0.29) is 24.2 Å². The van der Waals surface area contributed by atoms with Gasteiger partial charge in [0.15, 0.2) is 0 Å². The summed E-state index contributed by atoms with van der Waals surface area (Å²) < 4.78 is 5.69. The van der Waals surface area contributed by atoms with Gasteiger partial charge in [0.05, 0.1) is 24.9 Å². The van der Waals surface area contributed by atoms with Crippen LogP contribution in [0, 0.1) is 0 Å². The van der Waals surface area contributed by atoms with Crippen molar-refractivity contribution in [2.45, 2.75) is 38.9 Å². The Balaban J connectivity index is 2.44. The number of aliphatic hydroxyl groups is 1. The van der Waals surface area contributed by atoms with E-state index in [0.29, 0.717) is 19.6 Å². The van der Waals surface area contributed by atoms with Gasteiger partial charge in [0, 0.05) is 19.6 Å². The predicted molar refractivity (Wildman–Crippen MR) is 65.8 cm³/mol. The summed E-state index contributed by atoms with van der Waals surface area (Å²) in [4.78, 5) is 13.7. The van der Waals surface area contributed by atoms with Crippen molar-refractivity contribution in [2.24, 2.45) is 0 Å². The number of hydrogen-bond donors (Lipinski definition) is 2. The number of ether oxygens (including phenoxy) is 1. The average Bonchev–Trinajstić information content (AvgIpc) is 2.24. The molecule has 1 aliphatic heterocycles. The highest BCUT2D eigenvalue weighted by Crippen LogP contribution is 2.20. The van der Waals surface area contributed by atoms with E-state index in [2.05, 4.69) is 5.32 Å². The van der Waals surface area contributed by atoms with Crippen molar-refractivity contribution in [2.75, 3.05) is 32.8 Å². The largest absolute Gasteiger partial charge is 0.394 e. The van der Waals surface area contributed by atoms with Gasteiger partial charge in [0.25, 0.3) is 0 Å². The van der Waals surface area contributed by atoms with Crippen LogP contribution in [0.5, 0.6) is 0 Å². The Morgan fingerprint density at radius 2 is 2.29 bits per heavy atom. The van der Waals surface area contributed by atoms with Crippen molar-refractivity contribution >= 4 is 5.91 Å². The molecule has 5 nitrogen and oxygen atoms in total. The summed E-state index contributed by atoms with van der Waals surface area (Å²) in [7, 11) is 0. The zero-order chi connectivity index (χ0) is 12.9. The molecule has 1 heterocycles. The first-order chi connectivity index (χ1) is 7.96. The summed E-state index contributed by atoms with van der Waals surface area (Å²) in [6.45, 7) is 8.40. The van der Waals surface area contributed by atoms with Crippen LogP contribution >= 0.6 is 0 Å². The summed E-state index contributed by atoms with van der Waals surface area (Å²) in [5.74, 6) is 0.0428. The summed E-state index contributed by atoms with van der Waals surface area (Å²) in [6, 6.07) is 0. The molecule has 0 saturated carbocycles. The van der Waals surface area contributed by atoms with Crippen LogP contribution in [-0.4, -0.2) is 60.4 Å². The summed E-state index contributed by atoms with van der Waals surface area (Å²) in [5.41, 5.74) is -0.309. The van der Waals surface area contributed by atoms with E-state index in [1.54, 1.807) is 0 Å². The van der Waals surface area contributed by atoms with Crippen molar-refractivity contribution in [3.8, 4) is 0 Å². The van der Waals surface area contributed by atoms with Gasteiger partial charge in [0.2, 0.25) is 5.91 Å². The molecule has 1 atom stereocenters. The van der Waals surface area contributed by atoms with E-state index in [1.807, 2.05) is 25.7 Å². The third-order valence-corrected chi connectivity index (χ3v) is 2.69. The number of nitrogens with zero attached hydrogens (tertiary/aromatic N) is 1. The van der Waals surface area contributed by atoms with Crippen LogP contribution in [0.1, 0.15) is 27.2 Å². The minimum atomic E-state index is -0.309. The second-order valence-electron chi connectivity index (χ2n) is 5.20. The Morgan fingerprint density at radius 3 is 2.88 bits per heavy atom. The molecule has 0 radical (unpaired) electrons. The molecule has 1 amide bonds. The maximum absolute atomic E-state index is 11.6. The van der Waals surface area contributed by atoms with Crippen LogP contribution in [-0.2, 0) is 9.53 Å². The molecule has 0 spiro atoms. The van der Waals surface area contributed by atoms with Crippen LogP contribution in [0.3, 0.4) is 0 Å². The molecule has 0 aliphatic carbocycles. The smallest absolute Gasteiger partial charge is 0.234 e. The number of hydrogen-bond acceptors (Lipinski definition) is 4. The first-order valence-electron chi connectivity index (χ1n) is 6.24. The SMILES string of the molecule is CCCNC(=O)CN1CC(CO)OC(C)(C)C1. The van der Waals surface area contributed by atoms with Crippen molar-refractivity contribution in [1.82, 2.24) is 10.2 Å². The number of nitrogens with one attached hydrogen (secondary N) is 1. The molecule has 1 rings (SSSR count). The fraction of sp³-hybridized carbons (Fsp3) is 0.917. The van der Waals surface area contributed by atoms with Crippen molar-refractivity contribution in [1.29, 1.82) is 0 Å². The molecule has 5 heteroatoms. The fourth-order valence-electron chi connectivity index (χ4n) is 2.16. The van der Waals surface area contributed by atoms with Gasteiger partial charge in [-0.25, -0.2) is 0 Å². The second kappa shape index (κ2) is 6.33. The van der Waals surface area contributed by atoms with Gasteiger partial charge in [-0.3, -0.25) is 9.69 Å². The maximum Gasteiger partial charge on any atom is 0.234 e. The number of rotatable bonds is 5. The van der Waals surface area contributed by atoms with E-state index in [0.717, 1.165) is 13.0 Å². The molecule has 1 fully saturated rings. The molecule has 1 aliphatic rings. The topological polar surface area (TPSA) is 61.8 Å². The number of aliphatic hydroxyl groups excluding tert-OH is 1. The number of amides is 1. The lowest BCUT2D eigenvalue weighted by atomic mass is 10.1. The molecule has 0 aromatic heterocycles. The van der Waals surface area contributed by atoms with Gasteiger partial charge in [-0.1, -0.05) is 6.92 Å². The lowest BCUT2D eigenvalue weighted by molar-refractivity contribution is -0.153. The van der Waals surface area contributed by atoms with Crippen LogP contribution in [0.2, 0.25) is 0 Å². The Bertz CT molecular complexity index is 256. The molecule has 0 aromatic carbocycles. The van der Waals surface area contributed by atoms with Crippen LogP contribution in [0.15, 0.2) is 0 Å². The highest BCUT2D eigenvalue weighted by atomic mass is 16.5. The Labute approximate surface area is 103 Å². The molecular weight excluding hydrogens is 220 g/mol. The van der Waals surface area contributed by atoms with Gasteiger partial charge >= 0.3 is 0 Å². The lowest BCUT2D eigenvalue weighted by Crippen LogP contribution is -2.55.